The normalized spacial score (nSPS) is 23.8. The molecule has 0 spiro atoms. The van der Waals surface area contributed by atoms with Crippen LogP contribution in [0.5, 0.6) is 0 Å². The van der Waals surface area contributed by atoms with Gasteiger partial charge in [0.15, 0.2) is 6.04 Å². The van der Waals surface area contributed by atoms with E-state index in [-0.39, 0.29) is 6.54 Å². The first-order chi connectivity index (χ1) is 5.11. The van der Waals surface area contributed by atoms with E-state index < -0.39 is 23.8 Å². The number of carbonyl (C=O) groups is 3. The van der Waals surface area contributed by atoms with E-state index in [1.807, 2.05) is 0 Å². The molecule has 6 heteroatoms. The minimum atomic E-state index is -1.21. The van der Waals surface area contributed by atoms with Crippen molar-refractivity contribution in [1.29, 1.82) is 0 Å². The summed E-state index contributed by atoms with van der Waals surface area (Å²) < 4.78 is 0. The monoisotopic (exact) mass is 157 g/mol. The minimum absolute atomic E-state index is 0.0946. The Kier molecular flexibility index (Phi) is 1.75. The Morgan fingerprint density at radius 1 is 1.55 bits per heavy atom. The van der Waals surface area contributed by atoms with E-state index >= 15 is 0 Å². The van der Waals surface area contributed by atoms with Crippen LogP contribution in [0.25, 0.3) is 0 Å². The second-order valence-electron chi connectivity index (χ2n) is 2.12. The molecule has 0 aromatic rings. The number of hydrogen-bond acceptors (Lipinski definition) is 3. The molecule has 60 valence electrons. The topological polar surface area (TPSA) is 101 Å². The lowest BCUT2D eigenvalue weighted by molar-refractivity contribution is -0.138. The fraction of sp³-hybridized carbons (Fsp3) is 0.400. The molecule has 0 saturated carbocycles. The summed E-state index contributed by atoms with van der Waals surface area (Å²) in [5.41, 5.74) is 4.81. The van der Waals surface area contributed by atoms with E-state index in [4.69, 9.17) is 5.73 Å². The van der Waals surface area contributed by atoms with Crippen molar-refractivity contribution in [1.82, 2.24) is 10.6 Å². The molecule has 11 heavy (non-hydrogen) atoms. The average molecular weight is 157 g/mol. The maximum absolute atomic E-state index is 10.8. The maximum atomic E-state index is 10.8. The lowest BCUT2D eigenvalue weighted by Gasteiger charge is -2.19. The molecule has 1 unspecified atom stereocenters. The van der Waals surface area contributed by atoms with Gasteiger partial charge < -0.3 is 16.4 Å². The molecule has 3 amide bonds. The van der Waals surface area contributed by atoms with Crippen molar-refractivity contribution in [2.45, 2.75) is 6.04 Å². The molecule has 1 saturated heterocycles. The zero-order valence-corrected chi connectivity index (χ0v) is 5.59. The van der Waals surface area contributed by atoms with Crippen LogP contribution in [-0.2, 0) is 14.4 Å². The Labute approximate surface area is 62.1 Å². The first-order valence-electron chi connectivity index (χ1n) is 2.97. The van der Waals surface area contributed by atoms with Gasteiger partial charge in [0, 0.05) is 0 Å². The zero-order chi connectivity index (χ0) is 8.43. The van der Waals surface area contributed by atoms with E-state index in [1.165, 1.54) is 0 Å². The highest BCUT2D eigenvalue weighted by Crippen LogP contribution is 1.88. The first-order valence-corrected chi connectivity index (χ1v) is 2.97. The molecule has 1 heterocycles. The van der Waals surface area contributed by atoms with Crippen LogP contribution in [0.15, 0.2) is 0 Å². The molecule has 0 radical (unpaired) electrons. The molecule has 1 aliphatic heterocycles. The lowest BCUT2D eigenvalue weighted by atomic mass is 10.2. The van der Waals surface area contributed by atoms with Crippen LogP contribution in [0.2, 0.25) is 0 Å². The van der Waals surface area contributed by atoms with Crippen molar-refractivity contribution in [3.05, 3.63) is 0 Å². The first kappa shape index (κ1) is 7.52. The van der Waals surface area contributed by atoms with Gasteiger partial charge >= 0.3 is 0 Å². The van der Waals surface area contributed by atoms with Gasteiger partial charge in [-0.2, -0.15) is 0 Å². The number of amides is 3. The molecule has 0 bridgehead atoms. The number of primary amides is 1. The van der Waals surface area contributed by atoms with Gasteiger partial charge in [-0.3, -0.25) is 14.4 Å². The summed E-state index contributed by atoms with van der Waals surface area (Å²) in [5.74, 6) is -1.82. The summed E-state index contributed by atoms with van der Waals surface area (Å²) in [4.78, 5) is 31.8. The van der Waals surface area contributed by atoms with E-state index in [1.54, 1.807) is 0 Å². The second-order valence-corrected chi connectivity index (χ2v) is 2.12. The van der Waals surface area contributed by atoms with Gasteiger partial charge in [0.25, 0.3) is 5.91 Å². The van der Waals surface area contributed by atoms with Crippen LogP contribution in [0.3, 0.4) is 0 Å². The van der Waals surface area contributed by atoms with Gasteiger partial charge in [0.1, 0.15) is 0 Å². The number of rotatable bonds is 1. The molecule has 4 N–H and O–H groups in total. The molecule has 0 aliphatic carbocycles. The van der Waals surface area contributed by atoms with Gasteiger partial charge in [-0.25, -0.2) is 0 Å². The zero-order valence-electron chi connectivity index (χ0n) is 5.59. The summed E-state index contributed by atoms with van der Waals surface area (Å²) in [5, 5.41) is 4.35. The quantitative estimate of drug-likeness (QED) is 0.355. The molecular formula is C5H7N3O3. The predicted molar refractivity (Wildman–Crippen MR) is 34.1 cm³/mol. The third kappa shape index (κ3) is 1.46. The molecule has 1 aliphatic rings. The maximum Gasteiger partial charge on any atom is 0.252 e. The largest absolute Gasteiger partial charge is 0.367 e. The Morgan fingerprint density at radius 2 is 2.18 bits per heavy atom. The Hall–Kier alpha value is -1.59. The summed E-state index contributed by atoms with van der Waals surface area (Å²) in [6.07, 6.45) is 0. The van der Waals surface area contributed by atoms with Crippen LogP contribution >= 0.6 is 0 Å². The molecule has 1 rings (SSSR count). The van der Waals surface area contributed by atoms with Crippen LogP contribution in [0.1, 0.15) is 0 Å². The van der Waals surface area contributed by atoms with E-state index in [9.17, 15) is 14.4 Å². The van der Waals surface area contributed by atoms with Crippen LogP contribution in [-0.4, -0.2) is 30.3 Å². The van der Waals surface area contributed by atoms with Crippen LogP contribution in [0.4, 0.5) is 0 Å². The molecule has 1 atom stereocenters. The highest BCUT2D eigenvalue weighted by atomic mass is 16.2. The minimum Gasteiger partial charge on any atom is -0.367 e. The Balaban J connectivity index is 2.69. The predicted octanol–water partition coefficient (Wildman–Crippen LogP) is -2.91. The highest BCUT2D eigenvalue weighted by molar-refractivity contribution is 6.09. The summed E-state index contributed by atoms with van der Waals surface area (Å²) in [6.45, 7) is -0.0946. The van der Waals surface area contributed by atoms with Crippen LogP contribution < -0.4 is 16.4 Å². The van der Waals surface area contributed by atoms with Crippen LogP contribution in [0, 0.1) is 0 Å². The summed E-state index contributed by atoms with van der Waals surface area (Å²) in [6, 6.07) is -1.21. The van der Waals surface area contributed by atoms with Crippen molar-refractivity contribution >= 4 is 17.7 Å². The molecule has 6 nitrogen and oxygen atoms in total. The van der Waals surface area contributed by atoms with Crippen molar-refractivity contribution < 1.29 is 14.4 Å². The number of piperazine rings is 1. The molecule has 0 aromatic carbocycles. The average Bonchev–Trinajstić information content (AvgIpc) is 1.94. The third-order valence-electron chi connectivity index (χ3n) is 1.28. The molecule has 0 aromatic heterocycles. The Morgan fingerprint density at radius 3 is 2.64 bits per heavy atom. The van der Waals surface area contributed by atoms with E-state index in [0.717, 1.165) is 0 Å². The number of carbonyl (C=O) groups excluding carboxylic acids is 3. The van der Waals surface area contributed by atoms with Crippen molar-refractivity contribution in [3.63, 3.8) is 0 Å². The van der Waals surface area contributed by atoms with Crippen molar-refractivity contribution in [3.8, 4) is 0 Å². The van der Waals surface area contributed by atoms with Crippen molar-refractivity contribution in [2.75, 3.05) is 6.54 Å². The number of nitrogens with one attached hydrogen (secondary N) is 2. The highest BCUT2D eigenvalue weighted by Gasteiger charge is 2.30. The SMILES string of the molecule is NC(=O)C1NC(=O)CNC1=O. The Bertz CT molecular complexity index is 225. The van der Waals surface area contributed by atoms with E-state index in [2.05, 4.69) is 10.6 Å². The smallest absolute Gasteiger partial charge is 0.252 e. The van der Waals surface area contributed by atoms with E-state index in [0.29, 0.717) is 0 Å². The standard InChI is InChI=1S/C5H7N3O3/c6-4(10)3-5(11)7-1-2(9)8-3/h3H,1H2,(H2,6,10)(H,7,11)(H,8,9). The van der Waals surface area contributed by atoms with Gasteiger partial charge in [-0.05, 0) is 0 Å². The molecular weight excluding hydrogens is 150 g/mol. The van der Waals surface area contributed by atoms with Crippen molar-refractivity contribution in [2.24, 2.45) is 5.73 Å². The molecule has 1 fully saturated rings. The number of nitrogens with two attached hydrogens (primary N) is 1. The van der Waals surface area contributed by atoms with Gasteiger partial charge in [0.05, 0.1) is 6.54 Å². The van der Waals surface area contributed by atoms with Gasteiger partial charge in [-0.15, -0.1) is 0 Å². The lowest BCUT2D eigenvalue weighted by Crippen LogP contribution is -2.61. The van der Waals surface area contributed by atoms with Gasteiger partial charge in [-0.1, -0.05) is 0 Å². The summed E-state index contributed by atoms with van der Waals surface area (Å²) >= 11 is 0. The summed E-state index contributed by atoms with van der Waals surface area (Å²) in [7, 11) is 0. The fourth-order valence-electron chi connectivity index (χ4n) is 0.747. The second kappa shape index (κ2) is 2.57. The number of hydrogen-bond donors (Lipinski definition) is 3. The van der Waals surface area contributed by atoms with Gasteiger partial charge in [0.2, 0.25) is 11.8 Å². The third-order valence-corrected chi connectivity index (χ3v) is 1.28. The fourth-order valence-corrected chi connectivity index (χ4v) is 0.747.